The Morgan fingerprint density at radius 3 is 2.89 bits per heavy atom. The van der Waals surface area contributed by atoms with Crippen LogP contribution in [0, 0.1) is 11.7 Å². The van der Waals surface area contributed by atoms with Gasteiger partial charge in [-0.15, -0.1) is 0 Å². The smallest absolute Gasteiger partial charge is 0.126 e. The summed E-state index contributed by atoms with van der Waals surface area (Å²) >= 11 is 5.88. The molecule has 0 spiro atoms. The van der Waals surface area contributed by atoms with E-state index in [0.717, 1.165) is 18.5 Å². The molecule has 0 radical (unpaired) electrons. The predicted molar refractivity (Wildman–Crippen MR) is 74.5 cm³/mol. The first-order valence-electron chi connectivity index (χ1n) is 6.54. The van der Waals surface area contributed by atoms with E-state index in [1.165, 1.54) is 25.0 Å². The Labute approximate surface area is 113 Å². The van der Waals surface area contributed by atoms with Crippen LogP contribution in [0.25, 0.3) is 0 Å². The van der Waals surface area contributed by atoms with Crippen LogP contribution in [0.15, 0.2) is 18.2 Å². The van der Waals surface area contributed by atoms with Crippen molar-refractivity contribution in [1.82, 2.24) is 0 Å². The average Bonchev–Trinajstić information content (AvgIpc) is 2.71. The maximum absolute atomic E-state index is 13.4. The van der Waals surface area contributed by atoms with Crippen molar-refractivity contribution in [3.63, 3.8) is 0 Å². The molecule has 0 aromatic heterocycles. The summed E-state index contributed by atoms with van der Waals surface area (Å²) in [5.74, 6) is 0.229. The van der Waals surface area contributed by atoms with Crippen molar-refractivity contribution in [2.75, 3.05) is 11.9 Å². The highest BCUT2D eigenvalue weighted by molar-refractivity contribution is 6.30. The standard InChI is InChI=1S/C14H20ClFN2/c1-2-10-4-3-5-14(10,9-17)18-13-7-11(15)6-12(16)8-13/h6-8,10,18H,2-5,9,17H2,1H3. The molecule has 4 heteroatoms. The van der Waals surface area contributed by atoms with Crippen molar-refractivity contribution >= 4 is 17.3 Å². The second-order valence-electron chi connectivity index (χ2n) is 5.14. The van der Waals surface area contributed by atoms with Gasteiger partial charge >= 0.3 is 0 Å². The van der Waals surface area contributed by atoms with E-state index in [-0.39, 0.29) is 11.4 Å². The van der Waals surface area contributed by atoms with Gasteiger partial charge in [-0.3, -0.25) is 0 Å². The number of anilines is 1. The van der Waals surface area contributed by atoms with E-state index in [4.69, 9.17) is 17.3 Å². The number of benzene rings is 1. The summed E-state index contributed by atoms with van der Waals surface area (Å²) in [6.07, 6.45) is 4.49. The van der Waals surface area contributed by atoms with Crippen molar-refractivity contribution in [3.8, 4) is 0 Å². The third-order valence-corrected chi connectivity index (χ3v) is 4.29. The van der Waals surface area contributed by atoms with E-state index in [2.05, 4.69) is 12.2 Å². The summed E-state index contributed by atoms with van der Waals surface area (Å²) in [5.41, 5.74) is 6.59. The van der Waals surface area contributed by atoms with Gasteiger partial charge < -0.3 is 11.1 Å². The molecule has 1 aromatic carbocycles. The maximum atomic E-state index is 13.4. The highest BCUT2D eigenvalue weighted by Gasteiger charge is 2.40. The minimum Gasteiger partial charge on any atom is -0.378 e. The zero-order chi connectivity index (χ0) is 13.2. The molecule has 0 amide bonds. The van der Waals surface area contributed by atoms with Gasteiger partial charge in [0.15, 0.2) is 0 Å². The zero-order valence-electron chi connectivity index (χ0n) is 10.7. The lowest BCUT2D eigenvalue weighted by atomic mass is 9.85. The summed E-state index contributed by atoms with van der Waals surface area (Å²) in [5, 5.41) is 3.85. The molecule has 0 saturated heterocycles. The molecule has 2 unspecified atom stereocenters. The van der Waals surface area contributed by atoms with Gasteiger partial charge in [-0.05, 0) is 37.0 Å². The van der Waals surface area contributed by atoms with E-state index in [9.17, 15) is 4.39 Å². The second kappa shape index (κ2) is 5.45. The molecule has 0 bridgehead atoms. The molecule has 3 N–H and O–H groups in total. The molecular formula is C14H20ClFN2. The van der Waals surface area contributed by atoms with Crippen LogP contribution < -0.4 is 11.1 Å². The van der Waals surface area contributed by atoms with E-state index in [0.29, 0.717) is 17.5 Å². The Morgan fingerprint density at radius 2 is 2.28 bits per heavy atom. The minimum atomic E-state index is -0.316. The number of halogens is 2. The summed E-state index contributed by atoms with van der Waals surface area (Å²) in [4.78, 5) is 0. The monoisotopic (exact) mass is 270 g/mol. The van der Waals surface area contributed by atoms with Crippen LogP contribution in [0.2, 0.25) is 5.02 Å². The topological polar surface area (TPSA) is 38.0 Å². The number of hydrogen-bond donors (Lipinski definition) is 2. The Bertz CT molecular complexity index is 404. The Kier molecular flexibility index (Phi) is 4.13. The van der Waals surface area contributed by atoms with Gasteiger partial charge in [0.05, 0.1) is 5.54 Å². The van der Waals surface area contributed by atoms with Gasteiger partial charge in [-0.1, -0.05) is 31.4 Å². The van der Waals surface area contributed by atoms with Crippen molar-refractivity contribution in [2.45, 2.75) is 38.1 Å². The van der Waals surface area contributed by atoms with Crippen molar-refractivity contribution in [1.29, 1.82) is 0 Å². The Hall–Kier alpha value is -0.800. The molecule has 2 nitrogen and oxygen atoms in total. The highest BCUT2D eigenvalue weighted by Crippen LogP contribution is 2.40. The minimum absolute atomic E-state index is 0.105. The molecule has 100 valence electrons. The summed E-state index contributed by atoms with van der Waals surface area (Å²) in [6.45, 7) is 2.75. The van der Waals surface area contributed by atoms with Crippen LogP contribution in [-0.2, 0) is 0 Å². The maximum Gasteiger partial charge on any atom is 0.126 e. The molecule has 2 atom stereocenters. The third kappa shape index (κ3) is 2.62. The lowest BCUT2D eigenvalue weighted by Crippen LogP contribution is -2.48. The van der Waals surface area contributed by atoms with E-state index in [1.54, 1.807) is 6.07 Å². The van der Waals surface area contributed by atoms with Gasteiger partial charge in [-0.25, -0.2) is 4.39 Å². The van der Waals surface area contributed by atoms with Gasteiger partial charge in [0.25, 0.3) is 0 Å². The predicted octanol–water partition coefficient (Wildman–Crippen LogP) is 3.80. The Morgan fingerprint density at radius 1 is 1.50 bits per heavy atom. The van der Waals surface area contributed by atoms with Crippen LogP contribution >= 0.6 is 11.6 Å². The van der Waals surface area contributed by atoms with E-state index in [1.807, 2.05) is 0 Å². The first kappa shape index (κ1) is 13.6. The molecule has 1 aliphatic carbocycles. The molecule has 1 saturated carbocycles. The molecular weight excluding hydrogens is 251 g/mol. The van der Waals surface area contributed by atoms with Crippen LogP contribution in [0.5, 0.6) is 0 Å². The van der Waals surface area contributed by atoms with E-state index < -0.39 is 0 Å². The highest BCUT2D eigenvalue weighted by atomic mass is 35.5. The fourth-order valence-corrected chi connectivity index (χ4v) is 3.36. The number of nitrogens with one attached hydrogen (secondary N) is 1. The lowest BCUT2D eigenvalue weighted by molar-refractivity contribution is 0.346. The SMILES string of the molecule is CCC1CCCC1(CN)Nc1cc(F)cc(Cl)c1. The zero-order valence-corrected chi connectivity index (χ0v) is 11.4. The average molecular weight is 271 g/mol. The summed E-state index contributed by atoms with van der Waals surface area (Å²) in [7, 11) is 0. The Balaban J connectivity index is 2.24. The fourth-order valence-electron chi connectivity index (χ4n) is 3.14. The van der Waals surface area contributed by atoms with E-state index >= 15 is 0 Å². The summed E-state index contributed by atoms with van der Waals surface area (Å²) in [6, 6.07) is 4.55. The quantitative estimate of drug-likeness (QED) is 0.873. The first-order valence-corrected chi connectivity index (χ1v) is 6.92. The van der Waals surface area contributed by atoms with Gasteiger partial charge in [0.2, 0.25) is 0 Å². The van der Waals surface area contributed by atoms with Gasteiger partial charge in [0, 0.05) is 17.3 Å². The molecule has 18 heavy (non-hydrogen) atoms. The van der Waals surface area contributed by atoms with Crippen LogP contribution in [-0.4, -0.2) is 12.1 Å². The van der Waals surface area contributed by atoms with Crippen LogP contribution in [0.4, 0.5) is 10.1 Å². The molecule has 1 aliphatic rings. The second-order valence-corrected chi connectivity index (χ2v) is 5.58. The molecule has 0 heterocycles. The number of rotatable bonds is 4. The van der Waals surface area contributed by atoms with Crippen molar-refractivity contribution in [3.05, 3.63) is 29.0 Å². The van der Waals surface area contributed by atoms with Gasteiger partial charge in [-0.2, -0.15) is 0 Å². The van der Waals surface area contributed by atoms with Crippen molar-refractivity contribution < 1.29 is 4.39 Å². The van der Waals surface area contributed by atoms with Crippen LogP contribution in [0.3, 0.4) is 0 Å². The first-order chi connectivity index (χ1) is 8.59. The number of hydrogen-bond acceptors (Lipinski definition) is 2. The third-order valence-electron chi connectivity index (χ3n) is 4.07. The molecule has 0 aliphatic heterocycles. The lowest BCUT2D eigenvalue weighted by Gasteiger charge is -2.36. The largest absolute Gasteiger partial charge is 0.378 e. The molecule has 1 fully saturated rings. The molecule has 1 aromatic rings. The molecule has 2 rings (SSSR count). The van der Waals surface area contributed by atoms with Gasteiger partial charge in [0.1, 0.15) is 5.82 Å². The van der Waals surface area contributed by atoms with Crippen molar-refractivity contribution in [2.24, 2.45) is 11.7 Å². The number of nitrogens with two attached hydrogens (primary N) is 1. The van der Waals surface area contributed by atoms with Crippen LogP contribution in [0.1, 0.15) is 32.6 Å². The summed E-state index contributed by atoms with van der Waals surface area (Å²) < 4.78 is 13.4. The fraction of sp³-hybridized carbons (Fsp3) is 0.571. The normalized spacial score (nSPS) is 27.4.